The quantitative estimate of drug-likeness (QED) is 0.728. The molecule has 0 aliphatic heterocycles. The van der Waals surface area contributed by atoms with E-state index in [0.717, 1.165) is 17.1 Å². The molecular weight excluding hydrogens is 188 g/mol. The number of aromatic nitrogens is 3. The van der Waals surface area contributed by atoms with Gasteiger partial charge in [0.1, 0.15) is 5.82 Å². The topological polar surface area (TPSA) is 67.6 Å². The lowest BCUT2D eigenvalue weighted by atomic mass is 10.2. The van der Waals surface area contributed by atoms with Crippen molar-refractivity contribution in [1.29, 1.82) is 0 Å². The third-order valence-corrected chi connectivity index (χ3v) is 2.67. The molecule has 1 aromatic carbocycles. The van der Waals surface area contributed by atoms with Crippen LogP contribution in [0.2, 0.25) is 0 Å². The van der Waals surface area contributed by atoms with Crippen molar-refractivity contribution in [3.05, 3.63) is 30.1 Å². The number of nitrogens with zero attached hydrogens (tertiary/aromatic N) is 2. The van der Waals surface area contributed by atoms with Gasteiger partial charge >= 0.3 is 0 Å². The van der Waals surface area contributed by atoms with E-state index >= 15 is 0 Å². The molecule has 15 heavy (non-hydrogen) atoms. The molecule has 0 unspecified atom stereocenters. The summed E-state index contributed by atoms with van der Waals surface area (Å²) >= 11 is 0. The van der Waals surface area contributed by atoms with E-state index < -0.39 is 0 Å². The van der Waals surface area contributed by atoms with Crippen LogP contribution in [0.15, 0.2) is 24.3 Å². The predicted octanol–water partition coefficient (Wildman–Crippen LogP) is 1.93. The number of nitrogens with two attached hydrogens (primary N) is 1. The lowest BCUT2D eigenvalue weighted by Crippen LogP contribution is -1.90. The molecule has 1 aromatic heterocycles. The van der Waals surface area contributed by atoms with Gasteiger partial charge in [-0.15, -0.1) is 0 Å². The van der Waals surface area contributed by atoms with Crippen LogP contribution in [0.3, 0.4) is 0 Å². The Kier molecular flexibility index (Phi) is 1.74. The molecule has 0 amide bonds. The van der Waals surface area contributed by atoms with Gasteiger partial charge in [0.2, 0.25) is 0 Å². The second-order valence-corrected chi connectivity index (χ2v) is 3.91. The number of rotatable bonds is 2. The number of hydrogen-bond donors (Lipinski definition) is 2. The summed E-state index contributed by atoms with van der Waals surface area (Å²) in [4.78, 5) is 4.46. The summed E-state index contributed by atoms with van der Waals surface area (Å²) in [5.74, 6) is 2.29. The van der Waals surface area contributed by atoms with Gasteiger partial charge in [-0.1, -0.05) is 12.1 Å². The molecule has 1 aliphatic carbocycles. The molecule has 1 fully saturated rings. The SMILES string of the molecule is Nc1ccccc1-c1n[nH]c(C2CC2)n1. The molecule has 76 valence electrons. The fourth-order valence-electron chi connectivity index (χ4n) is 1.63. The second kappa shape index (κ2) is 3.08. The van der Waals surface area contributed by atoms with Crippen molar-refractivity contribution < 1.29 is 0 Å². The highest BCUT2D eigenvalue weighted by Crippen LogP contribution is 2.38. The molecule has 0 atom stereocenters. The molecule has 1 heterocycles. The molecule has 4 nitrogen and oxygen atoms in total. The van der Waals surface area contributed by atoms with Crippen molar-refractivity contribution in [2.75, 3.05) is 5.73 Å². The Balaban J connectivity index is 2.01. The van der Waals surface area contributed by atoms with E-state index in [2.05, 4.69) is 15.2 Å². The Labute approximate surface area is 87.5 Å². The Bertz CT molecular complexity index is 485. The van der Waals surface area contributed by atoms with E-state index in [-0.39, 0.29) is 0 Å². The number of hydrogen-bond acceptors (Lipinski definition) is 3. The van der Waals surface area contributed by atoms with Gasteiger partial charge in [0, 0.05) is 17.2 Å². The van der Waals surface area contributed by atoms with Crippen molar-refractivity contribution in [2.24, 2.45) is 0 Å². The van der Waals surface area contributed by atoms with E-state index in [0.29, 0.717) is 11.7 Å². The first-order chi connectivity index (χ1) is 7.34. The largest absolute Gasteiger partial charge is 0.398 e. The minimum atomic E-state index is 0.594. The van der Waals surface area contributed by atoms with Crippen LogP contribution in [0.1, 0.15) is 24.6 Å². The normalized spacial score (nSPS) is 15.5. The Morgan fingerprint density at radius 3 is 2.80 bits per heavy atom. The highest BCUT2D eigenvalue weighted by atomic mass is 15.2. The van der Waals surface area contributed by atoms with Gasteiger partial charge in [0.05, 0.1) is 0 Å². The van der Waals surface area contributed by atoms with Crippen molar-refractivity contribution in [2.45, 2.75) is 18.8 Å². The van der Waals surface area contributed by atoms with Crippen LogP contribution in [0.5, 0.6) is 0 Å². The van der Waals surface area contributed by atoms with Crippen LogP contribution < -0.4 is 5.73 Å². The lowest BCUT2D eigenvalue weighted by molar-refractivity contribution is 0.935. The van der Waals surface area contributed by atoms with Crippen molar-refractivity contribution in [3.63, 3.8) is 0 Å². The third kappa shape index (κ3) is 1.48. The summed E-state index contributed by atoms with van der Waals surface area (Å²) in [6, 6.07) is 7.66. The minimum absolute atomic E-state index is 0.594. The molecule has 1 saturated carbocycles. The Morgan fingerprint density at radius 1 is 1.27 bits per heavy atom. The van der Waals surface area contributed by atoms with Crippen LogP contribution in [0, 0.1) is 0 Å². The molecule has 3 rings (SSSR count). The second-order valence-electron chi connectivity index (χ2n) is 3.91. The zero-order valence-corrected chi connectivity index (χ0v) is 8.27. The summed E-state index contributed by atoms with van der Waals surface area (Å²) in [7, 11) is 0. The van der Waals surface area contributed by atoms with Gasteiger partial charge in [-0.2, -0.15) is 5.10 Å². The third-order valence-electron chi connectivity index (χ3n) is 2.67. The standard InChI is InChI=1S/C11H12N4/c12-9-4-2-1-3-8(9)11-13-10(14-15-11)7-5-6-7/h1-4,7H,5-6,12H2,(H,13,14,15). The summed E-state index contributed by atoms with van der Waals surface area (Å²) in [6.07, 6.45) is 2.44. The van der Waals surface area contributed by atoms with E-state index in [9.17, 15) is 0 Å². The highest BCUT2D eigenvalue weighted by molar-refractivity contribution is 5.70. The zero-order valence-electron chi connectivity index (χ0n) is 8.27. The fourth-order valence-corrected chi connectivity index (χ4v) is 1.63. The van der Waals surface area contributed by atoms with Gasteiger partial charge < -0.3 is 5.73 Å². The Morgan fingerprint density at radius 2 is 2.07 bits per heavy atom. The summed E-state index contributed by atoms with van der Waals surface area (Å²) in [5, 5.41) is 7.17. The van der Waals surface area contributed by atoms with Crippen LogP contribution in [-0.4, -0.2) is 15.2 Å². The number of nitrogen functional groups attached to an aromatic ring is 1. The number of para-hydroxylation sites is 1. The van der Waals surface area contributed by atoms with Crippen LogP contribution in [0.25, 0.3) is 11.4 Å². The van der Waals surface area contributed by atoms with E-state index in [1.54, 1.807) is 0 Å². The molecule has 4 heteroatoms. The maximum Gasteiger partial charge on any atom is 0.183 e. The van der Waals surface area contributed by atoms with Crippen LogP contribution in [0.4, 0.5) is 5.69 Å². The lowest BCUT2D eigenvalue weighted by Gasteiger charge is -1.98. The molecule has 0 spiro atoms. The van der Waals surface area contributed by atoms with Crippen molar-refractivity contribution in [3.8, 4) is 11.4 Å². The number of aromatic amines is 1. The van der Waals surface area contributed by atoms with Gasteiger partial charge in [-0.25, -0.2) is 4.98 Å². The predicted molar refractivity (Wildman–Crippen MR) is 58.2 cm³/mol. The Hall–Kier alpha value is -1.84. The molecule has 0 bridgehead atoms. The molecule has 2 aromatic rings. The smallest absolute Gasteiger partial charge is 0.183 e. The van der Waals surface area contributed by atoms with Crippen molar-refractivity contribution in [1.82, 2.24) is 15.2 Å². The number of anilines is 1. The molecule has 0 saturated heterocycles. The number of nitrogens with one attached hydrogen (secondary N) is 1. The average molecular weight is 200 g/mol. The first kappa shape index (κ1) is 8.47. The van der Waals surface area contributed by atoms with Crippen LogP contribution in [-0.2, 0) is 0 Å². The first-order valence-corrected chi connectivity index (χ1v) is 5.12. The first-order valence-electron chi connectivity index (χ1n) is 5.12. The fraction of sp³-hybridized carbons (Fsp3) is 0.273. The molecular formula is C11H12N4. The molecule has 0 radical (unpaired) electrons. The van der Waals surface area contributed by atoms with Gasteiger partial charge in [-0.05, 0) is 25.0 Å². The van der Waals surface area contributed by atoms with Crippen molar-refractivity contribution >= 4 is 5.69 Å². The maximum absolute atomic E-state index is 5.86. The monoisotopic (exact) mass is 200 g/mol. The number of benzene rings is 1. The van der Waals surface area contributed by atoms with Gasteiger partial charge in [0.25, 0.3) is 0 Å². The average Bonchev–Trinajstić information content (AvgIpc) is 2.99. The highest BCUT2D eigenvalue weighted by Gasteiger charge is 2.27. The summed E-state index contributed by atoms with van der Waals surface area (Å²) < 4.78 is 0. The van der Waals surface area contributed by atoms with Gasteiger partial charge in [-0.3, -0.25) is 5.10 Å². The summed E-state index contributed by atoms with van der Waals surface area (Å²) in [5.41, 5.74) is 7.48. The summed E-state index contributed by atoms with van der Waals surface area (Å²) in [6.45, 7) is 0. The number of H-pyrrole nitrogens is 1. The van der Waals surface area contributed by atoms with Crippen LogP contribution >= 0.6 is 0 Å². The molecule has 3 N–H and O–H groups in total. The van der Waals surface area contributed by atoms with E-state index in [4.69, 9.17) is 5.73 Å². The maximum atomic E-state index is 5.86. The van der Waals surface area contributed by atoms with Gasteiger partial charge in [0.15, 0.2) is 5.82 Å². The van der Waals surface area contributed by atoms with E-state index in [1.165, 1.54) is 12.8 Å². The minimum Gasteiger partial charge on any atom is -0.398 e. The molecule has 1 aliphatic rings. The zero-order chi connectivity index (χ0) is 10.3. The van der Waals surface area contributed by atoms with E-state index in [1.807, 2.05) is 24.3 Å².